The predicted octanol–water partition coefficient (Wildman–Crippen LogP) is 2.19. The van der Waals surface area contributed by atoms with Gasteiger partial charge in [-0.1, -0.05) is 18.2 Å². The van der Waals surface area contributed by atoms with Crippen LogP contribution in [0.1, 0.15) is 11.1 Å². The molecule has 0 unspecified atom stereocenters. The van der Waals surface area contributed by atoms with Gasteiger partial charge in [0.05, 0.1) is 20.2 Å². The quantitative estimate of drug-likeness (QED) is 0.732. The first-order chi connectivity index (χ1) is 14.5. The van der Waals surface area contributed by atoms with E-state index in [0.717, 1.165) is 54.4 Å². The van der Waals surface area contributed by atoms with E-state index in [1.54, 1.807) is 7.11 Å². The summed E-state index contributed by atoms with van der Waals surface area (Å²) in [6.07, 6.45) is 0. The molecule has 1 aliphatic rings. The maximum atomic E-state index is 12.3. The lowest BCUT2D eigenvalue weighted by molar-refractivity contribution is -0.125. The van der Waals surface area contributed by atoms with E-state index < -0.39 is 0 Å². The second-order valence-corrected chi connectivity index (χ2v) is 7.54. The zero-order chi connectivity index (χ0) is 21.5. The summed E-state index contributed by atoms with van der Waals surface area (Å²) in [6.45, 7) is 7.49. The number of nitrogens with zero attached hydrogens (tertiary/aromatic N) is 2. The van der Waals surface area contributed by atoms with Crippen LogP contribution in [0.5, 0.6) is 5.75 Å². The Labute approximate surface area is 178 Å². The van der Waals surface area contributed by atoms with Crippen molar-refractivity contribution in [3.63, 3.8) is 0 Å². The van der Waals surface area contributed by atoms with Crippen molar-refractivity contribution in [1.82, 2.24) is 10.2 Å². The van der Waals surface area contributed by atoms with Gasteiger partial charge >= 0.3 is 0 Å². The number of carbonyl (C=O) groups is 2. The zero-order valence-electron chi connectivity index (χ0n) is 17.9. The molecular weight excluding hydrogens is 380 g/mol. The van der Waals surface area contributed by atoms with E-state index in [4.69, 9.17) is 4.74 Å². The summed E-state index contributed by atoms with van der Waals surface area (Å²) in [5.41, 5.74) is 4.06. The molecule has 30 heavy (non-hydrogen) atoms. The van der Waals surface area contributed by atoms with Gasteiger partial charge in [0.15, 0.2) is 0 Å². The fraction of sp³-hybridized carbons (Fsp3) is 0.391. The van der Waals surface area contributed by atoms with Crippen molar-refractivity contribution in [2.75, 3.05) is 56.6 Å². The Morgan fingerprint density at radius 3 is 2.47 bits per heavy atom. The van der Waals surface area contributed by atoms with Gasteiger partial charge in [0, 0.05) is 43.6 Å². The molecule has 0 saturated carbocycles. The number of rotatable bonds is 7. The standard InChI is InChI=1S/C23H30N4O3/c1-17-6-4-9-21(18(17)2)25-22(28)15-24-23(29)16-26-10-12-27(13-11-26)19-7-5-8-20(14-19)30-3/h4-9,14H,10-13,15-16H2,1-3H3,(H,24,29)(H,25,28). The van der Waals surface area contributed by atoms with Gasteiger partial charge in [0.2, 0.25) is 11.8 Å². The third-order valence-corrected chi connectivity index (χ3v) is 5.48. The molecule has 0 bridgehead atoms. The van der Waals surface area contributed by atoms with E-state index in [-0.39, 0.29) is 18.4 Å². The molecule has 2 N–H and O–H groups in total. The predicted molar refractivity (Wildman–Crippen MR) is 119 cm³/mol. The van der Waals surface area contributed by atoms with Gasteiger partial charge in [-0.2, -0.15) is 0 Å². The molecule has 1 aliphatic heterocycles. The molecule has 1 fully saturated rings. The van der Waals surface area contributed by atoms with Crippen molar-refractivity contribution in [1.29, 1.82) is 0 Å². The molecule has 7 nitrogen and oxygen atoms in total. The lowest BCUT2D eigenvalue weighted by Crippen LogP contribution is -2.50. The molecule has 1 heterocycles. The number of carbonyl (C=O) groups excluding carboxylic acids is 2. The molecule has 0 aliphatic carbocycles. The van der Waals surface area contributed by atoms with E-state index in [1.807, 2.05) is 50.2 Å². The number of nitrogens with one attached hydrogen (secondary N) is 2. The molecule has 0 spiro atoms. The highest BCUT2D eigenvalue weighted by molar-refractivity contribution is 5.95. The maximum absolute atomic E-state index is 12.3. The first kappa shape index (κ1) is 21.6. The first-order valence-corrected chi connectivity index (χ1v) is 10.2. The lowest BCUT2D eigenvalue weighted by atomic mass is 10.1. The van der Waals surface area contributed by atoms with Gasteiger partial charge in [0.1, 0.15) is 5.75 Å². The highest BCUT2D eigenvalue weighted by atomic mass is 16.5. The molecule has 3 rings (SSSR count). The Morgan fingerprint density at radius 1 is 1.00 bits per heavy atom. The molecular formula is C23H30N4O3. The summed E-state index contributed by atoms with van der Waals surface area (Å²) in [6, 6.07) is 13.8. The number of hydrogen-bond donors (Lipinski definition) is 2. The van der Waals surface area contributed by atoms with Crippen molar-refractivity contribution < 1.29 is 14.3 Å². The Morgan fingerprint density at radius 2 is 1.73 bits per heavy atom. The molecule has 160 valence electrons. The Bertz CT molecular complexity index is 892. The SMILES string of the molecule is COc1cccc(N2CCN(CC(=O)NCC(=O)Nc3cccc(C)c3C)CC2)c1. The minimum Gasteiger partial charge on any atom is -0.497 e. The van der Waals surface area contributed by atoms with Gasteiger partial charge in [-0.3, -0.25) is 14.5 Å². The van der Waals surface area contributed by atoms with Crippen LogP contribution >= 0.6 is 0 Å². The molecule has 1 saturated heterocycles. The number of benzene rings is 2. The average Bonchev–Trinajstić information content (AvgIpc) is 2.76. The summed E-state index contributed by atoms with van der Waals surface area (Å²) in [4.78, 5) is 28.8. The number of hydrogen-bond acceptors (Lipinski definition) is 5. The third kappa shape index (κ3) is 5.73. The number of amides is 2. The minimum atomic E-state index is -0.222. The Balaban J connectivity index is 1.40. The minimum absolute atomic E-state index is 0.0318. The fourth-order valence-corrected chi connectivity index (χ4v) is 3.49. The van der Waals surface area contributed by atoms with E-state index in [9.17, 15) is 9.59 Å². The second-order valence-electron chi connectivity index (χ2n) is 7.54. The van der Waals surface area contributed by atoms with Gasteiger partial charge in [-0.25, -0.2) is 0 Å². The van der Waals surface area contributed by atoms with Crippen LogP contribution < -0.4 is 20.3 Å². The van der Waals surface area contributed by atoms with Crippen LogP contribution in [0.15, 0.2) is 42.5 Å². The second kappa shape index (κ2) is 10.1. The highest BCUT2D eigenvalue weighted by Crippen LogP contribution is 2.22. The number of aryl methyl sites for hydroxylation is 1. The average molecular weight is 411 g/mol. The fourth-order valence-electron chi connectivity index (χ4n) is 3.49. The van der Waals surface area contributed by atoms with Crippen LogP contribution in [0.3, 0.4) is 0 Å². The summed E-state index contributed by atoms with van der Waals surface area (Å²) in [5, 5.41) is 5.58. The monoisotopic (exact) mass is 410 g/mol. The van der Waals surface area contributed by atoms with Crippen LogP contribution in [0, 0.1) is 13.8 Å². The lowest BCUT2D eigenvalue weighted by Gasteiger charge is -2.35. The van der Waals surface area contributed by atoms with E-state index in [1.165, 1.54) is 0 Å². The van der Waals surface area contributed by atoms with Crippen LogP contribution in [0.25, 0.3) is 0 Å². The third-order valence-electron chi connectivity index (χ3n) is 5.48. The molecule has 7 heteroatoms. The topological polar surface area (TPSA) is 73.9 Å². The van der Waals surface area contributed by atoms with Crippen molar-refractivity contribution in [3.8, 4) is 5.75 Å². The largest absolute Gasteiger partial charge is 0.497 e. The number of anilines is 2. The Hall–Kier alpha value is -3.06. The van der Waals surface area contributed by atoms with Crippen molar-refractivity contribution in [3.05, 3.63) is 53.6 Å². The molecule has 2 aromatic carbocycles. The number of methoxy groups -OCH3 is 1. The van der Waals surface area contributed by atoms with Crippen LogP contribution in [-0.2, 0) is 9.59 Å². The zero-order valence-corrected chi connectivity index (χ0v) is 17.9. The van der Waals surface area contributed by atoms with Crippen molar-refractivity contribution in [2.45, 2.75) is 13.8 Å². The molecule has 2 aromatic rings. The van der Waals surface area contributed by atoms with E-state index >= 15 is 0 Å². The molecule has 0 aromatic heterocycles. The molecule has 2 amide bonds. The summed E-state index contributed by atoms with van der Waals surface area (Å²) < 4.78 is 5.29. The highest BCUT2D eigenvalue weighted by Gasteiger charge is 2.19. The summed E-state index contributed by atoms with van der Waals surface area (Å²) in [5.74, 6) is 0.481. The van der Waals surface area contributed by atoms with E-state index in [0.29, 0.717) is 6.54 Å². The smallest absolute Gasteiger partial charge is 0.243 e. The maximum Gasteiger partial charge on any atom is 0.243 e. The van der Waals surface area contributed by atoms with Crippen molar-refractivity contribution in [2.24, 2.45) is 0 Å². The molecule has 0 atom stereocenters. The summed E-state index contributed by atoms with van der Waals surface area (Å²) in [7, 11) is 1.66. The van der Waals surface area contributed by atoms with Gasteiger partial charge < -0.3 is 20.3 Å². The molecule has 0 radical (unpaired) electrons. The Kier molecular flexibility index (Phi) is 7.30. The first-order valence-electron chi connectivity index (χ1n) is 10.2. The number of ether oxygens (including phenoxy) is 1. The van der Waals surface area contributed by atoms with Gasteiger partial charge in [-0.15, -0.1) is 0 Å². The van der Waals surface area contributed by atoms with Crippen LogP contribution in [0.2, 0.25) is 0 Å². The van der Waals surface area contributed by atoms with Crippen LogP contribution in [-0.4, -0.2) is 63.1 Å². The number of piperazine rings is 1. The normalized spacial score (nSPS) is 14.3. The van der Waals surface area contributed by atoms with Gasteiger partial charge in [-0.05, 0) is 43.2 Å². The summed E-state index contributed by atoms with van der Waals surface area (Å²) >= 11 is 0. The van der Waals surface area contributed by atoms with Gasteiger partial charge in [0.25, 0.3) is 0 Å². The van der Waals surface area contributed by atoms with E-state index in [2.05, 4.69) is 26.5 Å². The van der Waals surface area contributed by atoms with Crippen LogP contribution in [0.4, 0.5) is 11.4 Å². The van der Waals surface area contributed by atoms with Crippen molar-refractivity contribution >= 4 is 23.2 Å².